The summed E-state index contributed by atoms with van der Waals surface area (Å²) in [6.07, 6.45) is 4.81. The highest BCUT2D eigenvalue weighted by atomic mass is 19.1. The minimum absolute atomic E-state index is 0.00303. The lowest BCUT2D eigenvalue weighted by Crippen LogP contribution is -2.43. The summed E-state index contributed by atoms with van der Waals surface area (Å²) in [5.41, 5.74) is 4.36. The minimum atomic E-state index is -0.399. The number of nitrogens with one attached hydrogen (secondary N) is 1. The number of aryl methyl sites for hydroxylation is 3. The molecule has 3 aromatic rings. The third-order valence-electron chi connectivity index (χ3n) is 6.55. The zero-order chi connectivity index (χ0) is 22.2. The van der Waals surface area contributed by atoms with E-state index in [-0.39, 0.29) is 11.7 Å². The molecule has 1 aliphatic rings. The quantitative estimate of drug-likeness (QED) is 0.642. The Bertz CT molecular complexity index is 1120. The standard InChI is InChI=1S/C24H29FN4O2/c1-15-19(16(2)26-22-21(15)23(31-4)28-29(22)3)11-12-20(30)27-24(13-5-6-14-24)17-7-9-18(25)10-8-17/h7-10H,5-6,11-14H2,1-4H3,(H,27,30). The van der Waals surface area contributed by atoms with E-state index in [0.717, 1.165) is 59.1 Å². The predicted molar refractivity (Wildman–Crippen MR) is 118 cm³/mol. The molecule has 1 N–H and O–H groups in total. The zero-order valence-corrected chi connectivity index (χ0v) is 18.6. The first-order valence-corrected chi connectivity index (χ1v) is 10.8. The third-order valence-corrected chi connectivity index (χ3v) is 6.55. The second-order valence-electron chi connectivity index (χ2n) is 8.48. The molecule has 4 rings (SSSR count). The molecule has 1 saturated carbocycles. The van der Waals surface area contributed by atoms with Crippen molar-refractivity contribution < 1.29 is 13.9 Å². The van der Waals surface area contributed by atoms with Crippen LogP contribution < -0.4 is 10.1 Å². The molecular weight excluding hydrogens is 395 g/mol. The summed E-state index contributed by atoms with van der Waals surface area (Å²) in [5.74, 6) is 0.292. The molecule has 164 valence electrons. The average Bonchev–Trinajstić information content (AvgIpc) is 3.33. The van der Waals surface area contributed by atoms with Crippen molar-refractivity contribution >= 4 is 16.9 Å². The van der Waals surface area contributed by atoms with Gasteiger partial charge in [0.25, 0.3) is 0 Å². The molecule has 0 spiro atoms. The normalized spacial score (nSPS) is 15.4. The van der Waals surface area contributed by atoms with Crippen molar-refractivity contribution in [1.82, 2.24) is 20.1 Å². The van der Waals surface area contributed by atoms with Crippen LogP contribution in [0.25, 0.3) is 11.0 Å². The second-order valence-corrected chi connectivity index (χ2v) is 8.48. The van der Waals surface area contributed by atoms with Gasteiger partial charge in [-0.15, -0.1) is 5.10 Å². The number of carbonyl (C=O) groups excluding carboxylic acids is 1. The Morgan fingerprint density at radius 1 is 1.23 bits per heavy atom. The number of hydrogen-bond donors (Lipinski definition) is 1. The maximum atomic E-state index is 13.4. The van der Waals surface area contributed by atoms with Crippen molar-refractivity contribution in [3.05, 3.63) is 52.5 Å². The fourth-order valence-corrected chi connectivity index (χ4v) is 4.91. The number of amides is 1. The summed E-state index contributed by atoms with van der Waals surface area (Å²) < 4.78 is 20.6. The van der Waals surface area contributed by atoms with Crippen LogP contribution in [0.2, 0.25) is 0 Å². The number of pyridine rings is 1. The largest absolute Gasteiger partial charge is 0.479 e. The van der Waals surface area contributed by atoms with Crippen LogP contribution in [0, 0.1) is 19.7 Å². The van der Waals surface area contributed by atoms with E-state index < -0.39 is 5.54 Å². The van der Waals surface area contributed by atoms with Gasteiger partial charge in [0.05, 0.1) is 18.0 Å². The molecule has 7 heteroatoms. The Balaban J connectivity index is 1.54. The minimum Gasteiger partial charge on any atom is -0.479 e. The fraction of sp³-hybridized carbons (Fsp3) is 0.458. The third kappa shape index (κ3) is 3.89. The van der Waals surface area contributed by atoms with E-state index >= 15 is 0 Å². The van der Waals surface area contributed by atoms with Crippen LogP contribution in [0.4, 0.5) is 4.39 Å². The van der Waals surface area contributed by atoms with Crippen LogP contribution in [-0.4, -0.2) is 27.8 Å². The molecule has 0 atom stereocenters. The number of hydrogen-bond acceptors (Lipinski definition) is 4. The van der Waals surface area contributed by atoms with Crippen LogP contribution in [0.15, 0.2) is 24.3 Å². The number of benzene rings is 1. The molecule has 31 heavy (non-hydrogen) atoms. The van der Waals surface area contributed by atoms with Gasteiger partial charge in [-0.3, -0.25) is 4.79 Å². The monoisotopic (exact) mass is 424 g/mol. The van der Waals surface area contributed by atoms with Crippen molar-refractivity contribution in [3.63, 3.8) is 0 Å². The summed E-state index contributed by atoms with van der Waals surface area (Å²) >= 11 is 0. The summed E-state index contributed by atoms with van der Waals surface area (Å²) in [6.45, 7) is 4.00. The summed E-state index contributed by atoms with van der Waals surface area (Å²) in [6, 6.07) is 6.52. The van der Waals surface area contributed by atoms with Gasteiger partial charge < -0.3 is 10.1 Å². The molecule has 0 aliphatic heterocycles. The lowest BCUT2D eigenvalue weighted by atomic mass is 9.87. The lowest BCUT2D eigenvalue weighted by molar-refractivity contribution is -0.123. The summed E-state index contributed by atoms with van der Waals surface area (Å²) in [4.78, 5) is 17.7. The highest BCUT2D eigenvalue weighted by Crippen LogP contribution is 2.39. The molecular formula is C24H29FN4O2. The predicted octanol–water partition coefficient (Wildman–Crippen LogP) is 4.25. The van der Waals surface area contributed by atoms with E-state index in [0.29, 0.717) is 18.7 Å². The van der Waals surface area contributed by atoms with Gasteiger partial charge >= 0.3 is 0 Å². The number of aromatic nitrogens is 3. The van der Waals surface area contributed by atoms with E-state index in [1.807, 2.05) is 20.9 Å². The Morgan fingerprint density at radius 2 is 1.90 bits per heavy atom. The van der Waals surface area contributed by atoms with E-state index in [1.165, 1.54) is 12.1 Å². The molecule has 1 amide bonds. The second kappa shape index (κ2) is 8.29. The number of ether oxygens (including phenoxy) is 1. The topological polar surface area (TPSA) is 69.0 Å². The summed E-state index contributed by atoms with van der Waals surface area (Å²) in [5, 5.41) is 8.56. The number of carbonyl (C=O) groups is 1. The molecule has 6 nitrogen and oxygen atoms in total. The molecule has 0 bridgehead atoms. The highest BCUT2D eigenvalue weighted by Gasteiger charge is 2.37. The van der Waals surface area contributed by atoms with Crippen LogP contribution in [-0.2, 0) is 23.8 Å². The Morgan fingerprint density at radius 3 is 2.55 bits per heavy atom. The first-order valence-electron chi connectivity index (χ1n) is 10.8. The van der Waals surface area contributed by atoms with E-state index in [2.05, 4.69) is 10.4 Å². The molecule has 0 unspecified atom stereocenters. The first kappa shape index (κ1) is 21.3. The molecule has 2 heterocycles. The van der Waals surface area contributed by atoms with Crippen molar-refractivity contribution in [1.29, 1.82) is 0 Å². The number of halogens is 1. The van der Waals surface area contributed by atoms with Gasteiger partial charge in [-0.1, -0.05) is 25.0 Å². The lowest BCUT2D eigenvalue weighted by Gasteiger charge is -2.31. The Kier molecular flexibility index (Phi) is 5.69. The Hall–Kier alpha value is -2.96. The molecule has 1 aliphatic carbocycles. The first-order chi connectivity index (χ1) is 14.8. The van der Waals surface area contributed by atoms with Gasteiger partial charge in [0.15, 0.2) is 5.65 Å². The maximum absolute atomic E-state index is 13.4. The fourth-order valence-electron chi connectivity index (χ4n) is 4.91. The van der Waals surface area contributed by atoms with Gasteiger partial charge in [-0.05, 0) is 61.9 Å². The zero-order valence-electron chi connectivity index (χ0n) is 18.6. The van der Waals surface area contributed by atoms with E-state index in [4.69, 9.17) is 9.72 Å². The molecule has 0 radical (unpaired) electrons. The SMILES string of the molecule is COc1nn(C)c2nc(C)c(CCC(=O)NC3(c4ccc(F)cc4)CCCC3)c(C)c12. The smallest absolute Gasteiger partial charge is 0.242 e. The van der Waals surface area contributed by atoms with Crippen LogP contribution in [0.3, 0.4) is 0 Å². The van der Waals surface area contributed by atoms with Crippen molar-refractivity contribution in [2.24, 2.45) is 7.05 Å². The highest BCUT2D eigenvalue weighted by molar-refractivity contribution is 5.86. The van der Waals surface area contributed by atoms with Crippen LogP contribution >= 0.6 is 0 Å². The van der Waals surface area contributed by atoms with Gasteiger partial charge in [-0.2, -0.15) is 0 Å². The van der Waals surface area contributed by atoms with Crippen LogP contribution in [0.1, 0.15) is 54.5 Å². The van der Waals surface area contributed by atoms with Gasteiger partial charge in [-0.25, -0.2) is 14.1 Å². The number of methoxy groups -OCH3 is 1. The van der Waals surface area contributed by atoms with Gasteiger partial charge in [0.2, 0.25) is 11.8 Å². The Labute approximate surface area is 181 Å². The van der Waals surface area contributed by atoms with Gasteiger partial charge in [0, 0.05) is 19.2 Å². The van der Waals surface area contributed by atoms with E-state index in [1.54, 1.807) is 23.9 Å². The van der Waals surface area contributed by atoms with Crippen molar-refractivity contribution in [2.45, 2.75) is 57.9 Å². The molecule has 0 saturated heterocycles. The summed E-state index contributed by atoms with van der Waals surface area (Å²) in [7, 11) is 3.45. The van der Waals surface area contributed by atoms with Gasteiger partial charge in [0.1, 0.15) is 5.82 Å². The number of rotatable bonds is 6. The number of fused-ring (bicyclic) bond motifs is 1. The average molecular weight is 425 g/mol. The molecule has 1 aromatic carbocycles. The molecule has 2 aromatic heterocycles. The van der Waals surface area contributed by atoms with E-state index in [9.17, 15) is 9.18 Å². The van der Waals surface area contributed by atoms with Crippen molar-refractivity contribution in [3.8, 4) is 5.88 Å². The maximum Gasteiger partial charge on any atom is 0.242 e. The van der Waals surface area contributed by atoms with Crippen LogP contribution in [0.5, 0.6) is 5.88 Å². The van der Waals surface area contributed by atoms with Crippen molar-refractivity contribution in [2.75, 3.05) is 7.11 Å². The number of nitrogens with zero attached hydrogens (tertiary/aromatic N) is 3. The molecule has 1 fully saturated rings.